The summed E-state index contributed by atoms with van der Waals surface area (Å²) in [5.74, 6) is -1.50. The molecule has 0 radical (unpaired) electrons. The summed E-state index contributed by atoms with van der Waals surface area (Å²) in [7, 11) is 1.54. The summed E-state index contributed by atoms with van der Waals surface area (Å²) in [5.41, 5.74) is 10.2. The van der Waals surface area contributed by atoms with Gasteiger partial charge >= 0.3 is 0 Å². The van der Waals surface area contributed by atoms with Crippen LogP contribution in [0.2, 0.25) is 0 Å². The van der Waals surface area contributed by atoms with E-state index in [0.717, 1.165) is 34.9 Å². The molecule has 1 amide bonds. The van der Waals surface area contributed by atoms with Crippen molar-refractivity contribution in [2.75, 3.05) is 13.7 Å². The van der Waals surface area contributed by atoms with Crippen molar-refractivity contribution >= 4 is 11.7 Å². The number of methoxy groups -OCH3 is 1. The van der Waals surface area contributed by atoms with Crippen molar-refractivity contribution in [1.82, 2.24) is 4.90 Å². The molecule has 4 rings (SSSR count). The number of hydrogen-bond donors (Lipinski definition) is 2. The molecule has 4 aromatic carbocycles. The number of nitrogens with two attached hydrogens (primary N) is 1. The zero-order valence-electron chi connectivity index (χ0n) is 23.8. The van der Waals surface area contributed by atoms with Crippen molar-refractivity contribution in [3.8, 4) is 5.75 Å². The Hall–Kier alpha value is -4.40. The normalized spacial score (nSPS) is 12.5. The third-order valence-electron chi connectivity index (χ3n) is 6.99. The molecule has 8 heteroatoms. The van der Waals surface area contributed by atoms with Crippen molar-refractivity contribution in [3.63, 3.8) is 0 Å². The Bertz CT molecular complexity index is 1550. The molecule has 6 nitrogen and oxygen atoms in total. The van der Waals surface area contributed by atoms with Crippen LogP contribution in [0.15, 0.2) is 84.9 Å². The minimum Gasteiger partial charge on any atom is -0.497 e. The number of ether oxygens (including phenoxy) is 1. The van der Waals surface area contributed by atoms with Crippen LogP contribution in [-0.4, -0.2) is 47.5 Å². The summed E-state index contributed by atoms with van der Waals surface area (Å²) in [5, 5.41) is 11.0. The van der Waals surface area contributed by atoms with Gasteiger partial charge in [0, 0.05) is 41.9 Å². The van der Waals surface area contributed by atoms with Gasteiger partial charge in [-0.05, 0) is 79.4 Å². The first-order chi connectivity index (χ1) is 20.0. The molecule has 3 N–H and O–H groups in total. The molecule has 2 unspecified atom stereocenters. The van der Waals surface area contributed by atoms with Crippen molar-refractivity contribution in [2.24, 2.45) is 5.73 Å². The first-order valence-corrected chi connectivity index (χ1v) is 13.6. The van der Waals surface area contributed by atoms with Gasteiger partial charge in [0.05, 0.1) is 13.2 Å². The minimum atomic E-state index is -1.22. The number of halogens is 2. The molecule has 0 saturated carbocycles. The molecule has 0 aromatic heterocycles. The Balaban J connectivity index is 1.62. The van der Waals surface area contributed by atoms with Crippen LogP contribution in [0.4, 0.5) is 8.78 Å². The van der Waals surface area contributed by atoms with Gasteiger partial charge in [-0.25, -0.2) is 8.78 Å². The molecule has 42 heavy (non-hydrogen) atoms. The average molecular weight is 573 g/mol. The van der Waals surface area contributed by atoms with E-state index >= 15 is 0 Å². The molecule has 2 atom stereocenters. The summed E-state index contributed by atoms with van der Waals surface area (Å²) in [6, 6.07) is 21.5. The van der Waals surface area contributed by atoms with Crippen LogP contribution >= 0.6 is 0 Å². The van der Waals surface area contributed by atoms with Crippen LogP contribution in [0, 0.1) is 25.5 Å². The van der Waals surface area contributed by atoms with E-state index in [9.17, 15) is 23.5 Å². The Labute approximate surface area is 244 Å². The summed E-state index contributed by atoms with van der Waals surface area (Å²) in [6.07, 6.45) is -1.22. The molecular formula is C34H34F2N2O4. The molecule has 0 aliphatic carbocycles. The van der Waals surface area contributed by atoms with E-state index in [1.165, 1.54) is 4.90 Å². The fourth-order valence-corrected chi connectivity index (χ4v) is 4.80. The number of aryl methyl sites for hydroxylation is 2. The second-order valence-electron chi connectivity index (χ2n) is 10.5. The number of carbonyl (C=O) groups excluding carboxylic acids is 2. The van der Waals surface area contributed by atoms with Gasteiger partial charge in [0.1, 0.15) is 17.4 Å². The fourth-order valence-electron chi connectivity index (χ4n) is 4.80. The van der Waals surface area contributed by atoms with Gasteiger partial charge in [-0.1, -0.05) is 42.0 Å². The van der Waals surface area contributed by atoms with Gasteiger partial charge in [-0.15, -0.1) is 0 Å². The number of nitrogens with zero attached hydrogens (tertiary/aromatic N) is 1. The third kappa shape index (κ3) is 7.87. The number of amides is 1. The lowest BCUT2D eigenvalue weighted by molar-refractivity contribution is 0.0554. The highest BCUT2D eigenvalue weighted by Crippen LogP contribution is 2.21. The van der Waals surface area contributed by atoms with Crippen molar-refractivity contribution < 1.29 is 28.2 Å². The zero-order chi connectivity index (χ0) is 30.4. The second kappa shape index (κ2) is 13.5. The lowest BCUT2D eigenvalue weighted by Crippen LogP contribution is -2.46. The predicted molar refractivity (Wildman–Crippen MR) is 158 cm³/mol. The van der Waals surface area contributed by atoms with Gasteiger partial charge in [0.15, 0.2) is 5.78 Å². The molecule has 0 saturated heterocycles. The van der Waals surface area contributed by atoms with E-state index in [1.54, 1.807) is 62.6 Å². The van der Waals surface area contributed by atoms with Gasteiger partial charge in [-0.2, -0.15) is 0 Å². The van der Waals surface area contributed by atoms with E-state index in [1.807, 2.05) is 25.1 Å². The Morgan fingerprint density at radius 3 is 2.17 bits per heavy atom. The lowest BCUT2D eigenvalue weighted by atomic mass is 9.97. The number of carbonyl (C=O) groups is 2. The second-order valence-corrected chi connectivity index (χ2v) is 10.5. The minimum absolute atomic E-state index is 0.00329. The summed E-state index contributed by atoms with van der Waals surface area (Å²) in [4.78, 5) is 28.7. The highest BCUT2D eigenvalue weighted by atomic mass is 19.1. The van der Waals surface area contributed by atoms with Crippen molar-refractivity contribution in [3.05, 3.63) is 136 Å². The van der Waals surface area contributed by atoms with Gasteiger partial charge in [-0.3, -0.25) is 9.59 Å². The van der Waals surface area contributed by atoms with E-state index in [-0.39, 0.29) is 30.9 Å². The molecular weight excluding hydrogens is 538 g/mol. The average Bonchev–Trinajstić information content (AvgIpc) is 2.95. The number of aliphatic hydroxyl groups is 1. The Kier molecular flexibility index (Phi) is 9.83. The van der Waals surface area contributed by atoms with Crippen molar-refractivity contribution in [1.29, 1.82) is 0 Å². The summed E-state index contributed by atoms with van der Waals surface area (Å²) >= 11 is 0. The monoisotopic (exact) mass is 572 g/mol. The molecule has 0 spiro atoms. The third-order valence-corrected chi connectivity index (χ3v) is 6.99. The maximum Gasteiger partial charge on any atom is 0.254 e. The number of rotatable bonds is 11. The van der Waals surface area contributed by atoms with Crippen LogP contribution in [0.25, 0.3) is 0 Å². The highest BCUT2D eigenvalue weighted by molar-refractivity contribution is 6.10. The van der Waals surface area contributed by atoms with Crippen LogP contribution in [0.5, 0.6) is 5.75 Å². The molecule has 0 bridgehead atoms. The van der Waals surface area contributed by atoms with Crippen LogP contribution in [0.1, 0.15) is 48.5 Å². The van der Waals surface area contributed by atoms with Gasteiger partial charge < -0.3 is 20.5 Å². The molecule has 0 fully saturated rings. The molecule has 0 aliphatic heterocycles. The number of hydrogen-bond acceptors (Lipinski definition) is 5. The van der Waals surface area contributed by atoms with Crippen LogP contribution in [-0.2, 0) is 13.0 Å². The number of aliphatic hydroxyl groups excluding tert-OH is 1. The standard InChI is InChI=1S/C34H34F2N2O4/c1-21-7-9-25(10-8-21)33(40)26-11-22(2)12-27(17-26)34(41)38(19-23-5-4-6-30(15-23)42-3)20-32(39)31(37)16-24-13-28(35)18-29(36)14-24/h4-15,17-18,31-32,39H,16,19-20,37H2,1-3H3. The molecule has 218 valence electrons. The zero-order valence-corrected chi connectivity index (χ0v) is 23.8. The maximum absolute atomic E-state index is 13.9. The SMILES string of the molecule is COc1cccc(CN(CC(O)C(N)Cc2cc(F)cc(F)c2)C(=O)c2cc(C)cc(C(=O)c3ccc(C)cc3)c2)c1. The topological polar surface area (TPSA) is 92.9 Å². The molecule has 0 aliphatic rings. The van der Waals surface area contributed by atoms with Crippen LogP contribution in [0.3, 0.4) is 0 Å². The van der Waals surface area contributed by atoms with Gasteiger partial charge in [0.2, 0.25) is 0 Å². The summed E-state index contributed by atoms with van der Waals surface area (Å²) < 4.78 is 32.7. The summed E-state index contributed by atoms with van der Waals surface area (Å²) in [6.45, 7) is 3.69. The largest absolute Gasteiger partial charge is 0.497 e. The quantitative estimate of drug-likeness (QED) is 0.235. The van der Waals surface area contributed by atoms with E-state index < -0.39 is 29.7 Å². The molecule has 4 aromatic rings. The Morgan fingerprint density at radius 1 is 0.833 bits per heavy atom. The lowest BCUT2D eigenvalue weighted by Gasteiger charge is -2.29. The first kappa shape index (κ1) is 30.6. The number of benzene rings is 4. The van der Waals surface area contributed by atoms with E-state index in [0.29, 0.717) is 22.4 Å². The highest BCUT2D eigenvalue weighted by Gasteiger charge is 2.25. The van der Waals surface area contributed by atoms with Crippen LogP contribution < -0.4 is 10.5 Å². The van der Waals surface area contributed by atoms with Crippen molar-refractivity contribution in [2.45, 2.75) is 39.0 Å². The number of ketones is 1. The van der Waals surface area contributed by atoms with E-state index in [2.05, 4.69) is 0 Å². The van der Waals surface area contributed by atoms with Gasteiger partial charge in [0.25, 0.3) is 5.91 Å². The van der Waals surface area contributed by atoms with E-state index in [4.69, 9.17) is 10.5 Å². The predicted octanol–water partition coefficient (Wildman–Crippen LogP) is 5.39. The smallest absolute Gasteiger partial charge is 0.254 e. The Morgan fingerprint density at radius 2 is 1.50 bits per heavy atom. The maximum atomic E-state index is 13.9. The molecule has 0 heterocycles. The first-order valence-electron chi connectivity index (χ1n) is 13.6. The fraction of sp³-hybridized carbons (Fsp3) is 0.235.